The third-order valence-corrected chi connectivity index (χ3v) is 4.75. The molecule has 29 heavy (non-hydrogen) atoms. The number of ether oxygens (including phenoxy) is 4. The van der Waals surface area contributed by atoms with E-state index in [1.807, 2.05) is 0 Å². The second-order valence-corrected chi connectivity index (χ2v) is 7.11. The van der Waals surface area contributed by atoms with Crippen molar-refractivity contribution in [2.24, 2.45) is 5.10 Å². The molecule has 0 aliphatic rings. The smallest absolute Gasteiger partial charge is 0.343 e. The zero-order valence-corrected chi connectivity index (χ0v) is 18.5. The van der Waals surface area contributed by atoms with Gasteiger partial charge < -0.3 is 18.9 Å². The zero-order valence-electron chi connectivity index (χ0n) is 16.1. The fourth-order valence-electron chi connectivity index (χ4n) is 2.11. The number of carbonyl (C=O) groups excluding carboxylic acids is 2. The van der Waals surface area contributed by atoms with Crippen molar-refractivity contribution >= 4 is 50.6 Å². The summed E-state index contributed by atoms with van der Waals surface area (Å²) in [6.45, 7) is 1.86. The third kappa shape index (κ3) is 7.02. The highest BCUT2D eigenvalue weighted by Crippen LogP contribution is 2.36. The van der Waals surface area contributed by atoms with Gasteiger partial charge in [-0.2, -0.15) is 5.10 Å². The first-order chi connectivity index (χ1) is 14.0. The first-order valence-electron chi connectivity index (χ1n) is 8.43. The summed E-state index contributed by atoms with van der Waals surface area (Å²) in [6, 6.07) is 3.46. The Hall–Kier alpha value is -2.66. The molecule has 0 unspecified atom stereocenters. The Morgan fingerprint density at radius 3 is 2.79 bits per heavy atom. The molecule has 1 heterocycles. The molecule has 0 radical (unpaired) electrons. The summed E-state index contributed by atoms with van der Waals surface area (Å²) in [4.78, 5) is 27.0. The van der Waals surface area contributed by atoms with Gasteiger partial charge >= 0.3 is 11.9 Å². The standard InChI is InChI=1S/C18H20BrN3O6S/c1-4-27-15(23)7-12-10-29-18(21-12)22-20-8-11-5-13(19)17(14(6-11)25-2)28-9-16(24)26-3/h5-6,8,10H,4,7,9H2,1-3H3,(H,21,22). The van der Waals surface area contributed by atoms with Gasteiger partial charge in [0.2, 0.25) is 5.13 Å². The van der Waals surface area contributed by atoms with Crippen LogP contribution in [0.4, 0.5) is 5.13 Å². The van der Waals surface area contributed by atoms with Crippen LogP contribution in [0.1, 0.15) is 18.2 Å². The molecule has 1 aromatic carbocycles. The van der Waals surface area contributed by atoms with Crippen LogP contribution in [0.25, 0.3) is 0 Å². The Kier molecular flexibility index (Phi) is 8.87. The van der Waals surface area contributed by atoms with E-state index in [2.05, 4.69) is 36.2 Å². The number of halogens is 1. The second-order valence-electron chi connectivity index (χ2n) is 5.39. The number of aromatic nitrogens is 1. The van der Waals surface area contributed by atoms with Crippen LogP contribution in [0.15, 0.2) is 27.1 Å². The normalized spacial score (nSPS) is 10.6. The van der Waals surface area contributed by atoms with E-state index in [0.29, 0.717) is 33.4 Å². The maximum Gasteiger partial charge on any atom is 0.343 e. The molecule has 0 saturated heterocycles. The number of thiazole rings is 1. The van der Waals surface area contributed by atoms with Crippen molar-refractivity contribution in [1.29, 1.82) is 0 Å². The van der Waals surface area contributed by atoms with Gasteiger partial charge in [-0.3, -0.25) is 10.2 Å². The molecule has 2 rings (SSSR count). The number of hydrogen-bond acceptors (Lipinski definition) is 10. The van der Waals surface area contributed by atoms with E-state index in [0.717, 1.165) is 5.56 Å². The molecule has 9 nitrogen and oxygen atoms in total. The average molecular weight is 486 g/mol. The minimum Gasteiger partial charge on any atom is -0.493 e. The van der Waals surface area contributed by atoms with E-state index in [-0.39, 0.29) is 19.0 Å². The highest BCUT2D eigenvalue weighted by molar-refractivity contribution is 9.10. The van der Waals surface area contributed by atoms with E-state index < -0.39 is 5.97 Å². The van der Waals surface area contributed by atoms with Crippen LogP contribution in [0.2, 0.25) is 0 Å². The maximum atomic E-state index is 11.5. The molecular formula is C18H20BrN3O6S. The monoisotopic (exact) mass is 485 g/mol. The van der Waals surface area contributed by atoms with Crippen LogP contribution in [-0.4, -0.2) is 50.6 Å². The van der Waals surface area contributed by atoms with E-state index >= 15 is 0 Å². The summed E-state index contributed by atoms with van der Waals surface area (Å²) in [5.41, 5.74) is 4.15. The van der Waals surface area contributed by atoms with Crippen LogP contribution in [0.3, 0.4) is 0 Å². The van der Waals surface area contributed by atoms with Crippen LogP contribution >= 0.6 is 27.3 Å². The van der Waals surface area contributed by atoms with E-state index in [1.165, 1.54) is 25.6 Å². The lowest BCUT2D eigenvalue weighted by Crippen LogP contribution is -2.13. The van der Waals surface area contributed by atoms with E-state index in [9.17, 15) is 9.59 Å². The van der Waals surface area contributed by atoms with Crippen molar-refractivity contribution in [1.82, 2.24) is 4.98 Å². The number of esters is 2. The number of nitrogens with zero attached hydrogens (tertiary/aromatic N) is 2. The van der Waals surface area contributed by atoms with Crippen LogP contribution < -0.4 is 14.9 Å². The van der Waals surface area contributed by atoms with Gasteiger partial charge in [0.1, 0.15) is 0 Å². The highest BCUT2D eigenvalue weighted by atomic mass is 79.9. The lowest BCUT2D eigenvalue weighted by Gasteiger charge is -2.12. The molecule has 156 valence electrons. The number of benzene rings is 1. The Morgan fingerprint density at radius 2 is 2.10 bits per heavy atom. The molecule has 0 saturated carbocycles. The molecule has 1 N–H and O–H groups in total. The molecular weight excluding hydrogens is 466 g/mol. The second kappa shape index (κ2) is 11.4. The van der Waals surface area contributed by atoms with Gasteiger partial charge in [-0.05, 0) is 40.5 Å². The van der Waals surface area contributed by atoms with Crippen LogP contribution in [-0.2, 0) is 25.5 Å². The van der Waals surface area contributed by atoms with Crippen LogP contribution in [0.5, 0.6) is 11.5 Å². The van der Waals surface area contributed by atoms with Gasteiger partial charge in [0.05, 0.1) is 43.6 Å². The van der Waals surface area contributed by atoms with E-state index in [1.54, 1.807) is 30.7 Å². The highest BCUT2D eigenvalue weighted by Gasteiger charge is 2.13. The Morgan fingerprint density at radius 1 is 1.31 bits per heavy atom. The number of hydrazone groups is 1. The maximum absolute atomic E-state index is 11.5. The lowest BCUT2D eigenvalue weighted by molar-refractivity contribution is -0.143. The summed E-state index contributed by atoms with van der Waals surface area (Å²) in [7, 11) is 2.78. The number of rotatable bonds is 10. The van der Waals surface area contributed by atoms with Gasteiger partial charge in [-0.15, -0.1) is 11.3 Å². The molecule has 0 amide bonds. The minimum absolute atomic E-state index is 0.118. The SMILES string of the molecule is CCOC(=O)Cc1csc(NN=Cc2cc(Br)c(OCC(=O)OC)c(OC)c2)n1. The fourth-order valence-corrected chi connectivity index (χ4v) is 3.34. The van der Waals surface area contributed by atoms with E-state index in [4.69, 9.17) is 14.2 Å². The Balaban J connectivity index is 2.01. The number of nitrogens with one attached hydrogen (secondary N) is 1. The molecule has 0 fully saturated rings. The fraction of sp³-hybridized carbons (Fsp3) is 0.333. The van der Waals surface area contributed by atoms with Gasteiger partial charge in [-0.1, -0.05) is 0 Å². The summed E-state index contributed by atoms with van der Waals surface area (Å²) < 4.78 is 20.8. The summed E-state index contributed by atoms with van der Waals surface area (Å²) >= 11 is 4.72. The average Bonchev–Trinajstić information content (AvgIpc) is 3.13. The number of anilines is 1. The Labute approximate surface area is 180 Å². The largest absolute Gasteiger partial charge is 0.493 e. The Bertz CT molecular complexity index is 886. The predicted molar refractivity (Wildman–Crippen MR) is 112 cm³/mol. The minimum atomic E-state index is -0.500. The van der Waals surface area contributed by atoms with Crippen molar-refractivity contribution in [3.8, 4) is 11.5 Å². The molecule has 0 aliphatic carbocycles. The first-order valence-corrected chi connectivity index (χ1v) is 10.1. The summed E-state index contributed by atoms with van der Waals surface area (Å²) in [5, 5.41) is 6.45. The zero-order chi connectivity index (χ0) is 21.2. The van der Waals surface area contributed by atoms with Gasteiger partial charge in [0.15, 0.2) is 18.1 Å². The van der Waals surface area contributed by atoms with Crippen molar-refractivity contribution in [2.75, 3.05) is 32.9 Å². The molecule has 0 atom stereocenters. The quantitative estimate of drug-likeness (QED) is 0.310. The van der Waals surface area contributed by atoms with Crippen molar-refractivity contribution in [3.05, 3.63) is 33.2 Å². The number of methoxy groups -OCH3 is 2. The lowest BCUT2D eigenvalue weighted by atomic mass is 10.2. The molecule has 2 aromatic rings. The molecule has 1 aromatic heterocycles. The molecule has 0 aliphatic heterocycles. The third-order valence-electron chi connectivity index (χ3n) is 3.37. The van der Waals surface area contributed by atoms with Crippen molar-refractivity contribution in [3.63, 3.8) is 0 Å². The number of hydrogen-bond donors (Lipinski definition) is 1. The van der Waals surface area contributed by atoms with Gasteiger partial charge in [0, 0.05) is 5.38 Å². The van der Waals surface area contributed by atoms with Gasteiger partial charge in [-0.25, -0.2) is 9.78 Å². The topological polar surface area (TPSA) is 108 Å². The molecule has 0 spiro atoms. The van der Waals surface area contributed by atoms with Crippen molar-refractivity contribution < 1.29 is 28.5 Å². The van der Waals surface area contributed by atoms with Crippen LogP contribution in [0, 0.1) is 0 Å². The van der Waals surface area contributed by atoms with Crippen molar-refractivity contribution in [2.45, 2.75) is 13.3 Å². The first kappa shape index (κ1) is 22.6. The molecule has 11 heteroatoms. The summed E-state index contributed by atoms with van der Waals surface area (Å²) in [5.74, 6) is -0.0129. The molecule has 0 bridgehead atoms. The van der Waals surface area contributed by atoms with Gasteiger partial charge in [0.25, 0.3) is 0 Å². The predicted octanol–water partition coefficient (Wildman–Crippen LogP) is 3.02. The summed E-state index contributed by atoms with van der Waals surface area (Å²) in [6.07, 6.45) is 1.69. The number of carbonyl (C=O) groups is 2.